The minimum Gasteiger partial charge on any atom is -0.493 e. The van der Waals surface area contributed by atoms with Crippen molar-refractivity contribution in [3.63, 3.8) is 0 Å². The fraction of sp³-hybridized carbons (Fsp3) is 0.167. The number of fused-ring (bicyclic) bond motifs is 1. The third-order valence-electron chi connectivity index (χ3n) is 3.79. The van der Waals surface area contributed by atoms with Gasteiger partial charge in [0.1, 0.15) is 0 Å². The first-order valence-corrected chi connectivity index (χ1v) is 7.21. The number of hydrogen-bond donors (Lipinski definition) is 1. The van der Waals surface area contributed by atoms with Gasteiger partial charge >= 0.3 is 0 Å². The van der Waals surface area contributed by atoms with Crippen LogP contribution in [0.15, 0.2) is 48.7 Å². The van der Waals surface area contributed by atoms with Gasteiger partial charge in [-0.2, -0.15) is 0 Å². The Bertz CT molecular complexity index is 868. The Hall–Kier alpha value is -2.95. The molecule has 23 heavy (non-hydrogen) atoms. The maximum atomic E-state index is 12.6. The van der Waals surface area contributed by atoms with E-state index in [1.807, 2.05) is 42.1 Å². The van der Waals surface area contributed by atoms with Gasteiger partial charge in [-0.1, -0.05) is 12.1 Å². The minimum atomic E-state index is -0.241. The lowest BCUT2D eigenvalue weighted by molar-refractivity contribution is 0.102. The van der Waals surface area contributed by atoms with E-state index in [4.69, 9.17) is 9.47 Å². The lowest BCUT2D eigenvalue weighted by Crippen LogP contribution is -2.13. The number of nitrogens with zero attached hydrogens (tertiary/aromatic N) is 1. The van der Waals surface area contributed by atoms with Crippen molar-refractivity contribution in [1.82, 2.24) is 4.57 Å². The number of amides is 1. The molecule has 0 spiro atoms. The number of ether oxygens (including phenoxy) is 2. The SMILES string of the molecule is COc1cccc(C(=O)Nc2ccc3ccn(C)c3c2)c1OC. The van der Waals surface area contributed by atoms with E-state index in [9.17, 15) is 4.79 Å². The first-order chi connectivity index (χ1) is 11.1. The van der Waals surface area contributed by atoms with Crippen molar-refractivity contribution < 1.29 is 14.3 Å². The van der Waals surface area contributed by atoms with Crippen LogP contribution in [0.2, 0.25) is 0 Å². The van der Waals surface area contributed by atoms with Gasteiger partial charge in [0.05, 0.1) is 19.8 Å². The smallest absolute Gasteiger partial charge is 0.259 e. The van der Waals surface area contributed by atoms with Crippen LogP contribution in [-0.4, -0.2) is 24.7 Å². The quantitative estimate of drug-likeness (QED) is 0.803. The molecule has 0 aliphatic carbocycles. The highest BCUT2D eigenvalue weighted by atomic mass is 16.5. The first-order valence-electron chi connectivity index (χ1n) is 7.21. The van der Waals surface area contributed by atoms with Crippen LogP contribution in [0, 0.1) is 0 Å². The van der Waals surface area contributed by atoms with Crippen molar-refractivity contribution in [3.05, 3.63) is 54.2 Å². The molecular weight excluding hydrogens is 292 g/mol. The van der Waals surface area contributed by atoms with E-state index >= 15 is 0 Å². The highest BCUT2D eigenvalue weighted by Crippen LogP contribution is 2.31. The fourth-order valence-electron chi connectivity index (χ4n) is 2.60. The van der Waals surface area contributed by atoms with Crippen LogP contribution in [0.3, 0.4) is 0 Å². The van der Waals surface area contributed by atoms with E-state index in [0.717, 1.165) is 16.6 Å². The lowest BCUT2D eigenvalue weighted by atomic mass is 10.1. The first kappa shape index (κ1) is 15.0. The molecule has 0 radical (unpaired) electrons. The summed E-state index contributed by atoms with van der Waals surface area (Å²) < 4.78 is 12.6. The molecule has 5 nitrogen and oxygen atoms in total. The summed E-state index contributed by atoms with van der Waals surface area (Å²) in [6, 6.07) is 13.1. The van der Waals surface area contributed by atoms with Gasteiger partial charge in [-0.05, 0) is 35.7 Å². The van der Waals surface area contributed by atoms with Crippen molar-refractivity contribution in [3.8, 4) is 11.5 Å². The number of aromatic nitrogens is 1. The zero-order valence-corrected chi connectivity index (χ0v) is 13.3. The van der Waals surface area contributed by atoms with Crippen LogP contribution in [0.1, 0.15) is 10.4 Å². The van der Waals surface area contributed by atoms with Gasteiger partial charge in [-0.3, -0.25) is 4.79 Å². The molecule has 2 aromatic carbocycles. The molecular formula is C18H18N2O3. The van der Waals surface area contributed by atoms with Crippen LogP contribution in [0.25, 0.3) is 10.9 Å². The minimum absolute atomic E-state index is 0.241. The van der Waals surface area contributed by atoms with Crippen molar-refractivity contribution >= 4 is 22.5 Å². The number of anilines is 1. The molecule has 0 atom stereocenters. The van der Waals surface area contributed by atoms with Gasteiger partial charge in [0, 0.05) is 24.4 Å². The Kier molecular flexibility index (Phi) is 3.93. The second-order valence-electron chi connectivity index (χ2n) is 5.20. The van der Waals surface area contributed by atoms with E-state index < -0.39 is 0 Å². The van der Waals surface area contributed by atoms with E-state index in [2.05, 4.69) is 5.32 Å². The highest BCUT2D eigenvalue weighted by molar-refractivity contribution is 6.07. The van der Waals surface area contributed by atoms with Gasteiger partial charge in [0.15, 0.2) is 11.5 Å². The third kappa shape index (κ3) is 2.73. The molecule has 0 unspecified atom stereocenters. The molecule has 3 aromatic rings. The second kappa shape index (κ2) is 6.04. The van der Waals surface area contributed by atoms with Crippen LogP contribution in [-0.2, 0) is 7.05 Å². The molecule has 0 saturated carbocycles. The molecule has 0 fully saturated rings. The molecule has 0 saturated heterocycles. The van der Waals surface area contributed by atoms with E-state index in [0.29, 0.717) is 17.1 Å². The number of rotatable bonds is 4. The van der Waals surface area contributed by atoms with E-state index in [1.54, 1.807) is 25.3 Å². The Morgan fingerprint density at radius 2 is 1.91 bits per heavy atom. The van der Waals surface area contributed by atoms with Gasteiger partial charge < -0.3 is 19.4 Å². The Morgan fingerprint density at radius 3 is 2.65 bits per heavy atom. The monoisotopic (exact) mass is 310 g/mol. The molecule has 0 aliphatic rings. The molecule has 5 heteroatoms. The van der Waals surface area contributed by atoms with E-state index in [-0.39, 0.29) is 5.91 Å². The van der Waals surface area contributed by atoms with Crippen molar-refractivity contribution in [2.24, 2.45) is 7.05 Å². The van der Waals surface area contributed by atoms with Crippen LogP contribution < -0.4 is 14.8 Å². The zero-order valence-electron chi connectivity index (χ0n) is 13.3. The Labute approximate surface area is 134 Å². The summed E-state index contributed by atoms with van der Waals surface area (Å²) >= 11 is 0. The fourth-order valence-corrected chi connectivity index (χ4v) is 2.60. The maximum Gasteiger partial charge on any atom is 0.259 e. The molecule has 1 heterocycles. The number of hydrogen-bond acceptors (Lipinski definition) is 3. The average Bonchev–Trinajstić information content (AvgIpc) is 2.94. The number of aryl methyl sites for hydroxylation is 1. The van der Waals surface area contributed by atoms with Crippen LogP contribution >= 0.6 is 0 Å². The molecule has 1 amide bonds. The number of carbonyl (C=O) groups excluding carboxylic acids is 1. The summed E-state index contributed by atoms with van der Waals surface area (Å²) in [5.74, 6) is 0.708. The molecule has 1 aromatic heterocycles. The summed E-state index contributed by atoms with van der Waals surface area (Å²) in [6.45, 7) is 0. The predicted octanol–water partition coefficient (Wildman–Crippen LogP) is 3.45. The predicted molar refractivity (Wildman–Crippen MR) is 90.4 cm³/mol. The van der Waals surface area contributed by atoms with Crippen molar-refractivity contribution in [2.45, 2.75) is 0 Å². The summed E-state index contributed by atoms with van der Waals surface area (Å²) in [4.78, 5) is 12.6. The topological polar surface area (TPSA) is 52.5 Å². The van der Waals surface area contributed by atoms with Gasteiger partial charge in [0.25, 0.3) is 5.91 Å². The van der Waals surface area contributed by atoms with Crippen LogP contribution in [0.4, 0.5) is 5.69 Å². The average molecular weight is 310 g/mol. The summed E-state index contributed by atoms with van der Waals surface area (Å²) in [7, 11) is 5.03. The Morgan fingerprint density at radius 1 is 1.09 bits per heavy atom. The highest BCUT2D eigenvalue weighted by Gasteiger charge is 2.16. The summed E-state index contributed by atoms with van der Waals surface area (Å²) in [5, 5.41) is 4.03. The number of carbonyl (C=O) groups is 1. The van der Waals surface area contributed by atoms with Crippen molar-refractivity contribution in [2.75, 3.05) is 19.5 Å². The number of para-hydroxylation sites is 1. The summed E-state index contributed by atoms with van der Waals surface area (Å²) in [6.07, 6.45) is 1.99. The molecule has 1 N–H and O–H groups in total. The zero-order chi connectivity index (χ0) is 16.4. The summed E-state index contributed by atoms with van der Waals surface area (Å²) in [5.41, 5.74) is 2.22. The van der Waals surface area contributed by atoms with Crippen molar-refractivity contribution in [1.29, 1.82) is 0 Å². The molecule has 3 rings (SSSR count). The maximum absolute atomic E-state index is 12.6. The van der Waals surface area contributed by atoms with Crippen LogP contribution in [0.5, 0.6) is 11.5 Å². The standard InChI is InChI=1S/C18H18N2O3/c1-20-10-9-12-7-8-13(11-15(12)20)19-18(21)14-5-4-6-16(22-2)17(14)23-3/h4-11H,1-3H3,(H,19,21). The molecule has 0 aliphatic heterocycles. The van der Waals surface area contributed by atoms with Gasteiger partial charge in [-0.25, -0.2) is 0 Å². The number of nitrogens with one attached hydrogen (secondary N) is 1. The van der Waals surface area contributed by atoms with E-state index in [1.165, 1.54) is 7.11 Å². The second-order valence-corrected chi connectivity index (χ2v) is 5.20. The number of methoxy groups -OCH3 is 2. The molecule has 118 valence electrons. The largest absolute Gasteiger partial charge is 0.493 e. The van der Waals surface area contributed by atoms with Gasteiger partial charge in [0.2, 0.25) is 0 Å². The Balaban J connectivity index is 1.93. The van der Waals surface area contributed by atoms with Gasteiger partial charge in [-0.15, -0.1) is 0 Å². The lowest BCUT2D eigenvalue weighted by Gasteiger charge is -2.12. The molecule has 0 bridgehead atoms. The third-order valence-corrected chi connectivity index (χ3v) is 3.79. The number of benzene rings is 2. The normalized spacial score (nSPS) is 10.6.